The first-order valence-electron chi connectivity index (χ1n) is 6.79. The average Bonchev–Trinajstić information content (AvgIpc) is 3.04. The number of ether oxygens (including phenoxy) is 1. The molecule has 22 heavy (non-hydrogen) atoms. The van der Waals surface area contributed by atoms with E-state index < -0.39 is 6.04 Å². The average molecular weight is 296 g/mol. The predicted molar refractivity (Wildman–Crippen MR) is 82.5 cm³/mol. The first-order valence-corrected chi connectivity index (χ1v) is 6.79. The maximum atomic E-state index is 9.85. The number of rotatable bonds is 4. The van der Waals surface area contributed by atoms with Crippen molar-refractivity contribution in [3.63, 3.8) is 0 Å². The van der Waals surface area contributed by atoms with Gasteiger partial charge in [0, 0.05) is 0 Å². The summed E-state index contributed by atoms with van der Waals surface area (Å²) in [5, 5.41) is 16.8. The number of aromatic hydroxyl groups is 1. The Morgan fingerprint density at radius 1 is 1.14 bits per heavy atom. The Kier molecular flexibility index (Phi) is 3.76. The largest absolute Gasteiger partial charge is 0.507 e. The fourth-order valence-electron chi connectivity index (χ4n) is 2.17. The second-order valence-corrected chi connectivity index (χ2v) is 4.81. The lowest BCUT2D eigenvalue weighted by molar-refractivity contribution is 0.414. The quantitative estimate of drug-likeness (QED) is 0.686. The molecule has 0 amide bonds. The van der Waals surface area contributed by atoms with Crippen molar-refractivity contribution in [2.24, 2.45) is 5.73 Å². The van der Waals surface area contributed by atoms with E-state index in [4.69, 9.17) is 10.5 Å². The van der Waals surface area contributed by atoms with Crippen LogP contribution in [0.5, 0.6) is 11.5 Å². The van der Waals surface area contributed by atoms with Crippen molar-refractivity contribution >= 4 is 0 Å². The van der Waals surface area contributed by atoms with Gasteiger partial charge in [-0.15, -0.1) is 0 Å². The van der Waals surface area contributed by atoms with E-state index in [0.29, 0.717) is 17.2 Å². The number of aromatic nitrogens is 3. The maximum absolute atomic E-state index is 9.85. The number of H-pyrrole nitrogens is 1. The second kappa shape index (κ2) is 5.87. The third-order valence-corrected chi connectivity index (χ3v) is 3.42. The van der Waals surface area contributed by atoms with Crippen molar-refractivity contribution in [1.29, 1.82) is 0 Å². The van der Waals surface area contributed by atoms with E-state index in [2.05, 4.69) is 15.2 Å². The van der Waals surface area contributed by atoms with Crippen LogP contribution >= 0.6 is 0 Å². The molecular formula is C16H16N4O2. The van der Waals surface area contributed by atoms with Gasteiger partial charge in [-0.05, 0) is 29.8 Å². The Balaban J connectivity index is 1.88. The van der Waals surface area contributed by atoms with Crippen LogP contribution in [-0.2, 0) is 0 Å². The van der Waals surface area contributed by atoms with E-state index in [9.17, 15) is 5.11 Å². The van der Waals surface area contributed by atoms with Crippen LogP contribution in [0.1, 0.15) is 17.4 Å². The van der Waals surface area contributed by atoms with Crippen molar-refractivity contribution in [3.05, 3.63) is 59.9 Å². The number of phenols is 1. The molecule has 6 nitrogen and oxygen atoms in total. The summed E-state index contributed by atoms with van der Waals surface area (Å²) < 4.78 is 5.13. The number of hydrogen-bond donors (Lipinski definition) is 3. The van der Waals surface area contributed by atoms with Gasteiger partial charge in [0.15, 0.2) is 5.82 Å². The first kappa shape index (κ1) is 14.1. The van der Waals surface area contributed by atoms with Gasteiger partial charge in [0.1, 0.15) is 17.3 Å². The number of phenolic OH excluding ortho intramolecular Hbond substituents is 1. The number of para-hydroxylation sites is 1. The maximum Gasteiger partial charge on any atom is 0.184 e. The van der Waals surface area contributed by atoms with Gasteiger partial charge in [0.05, 0.1) is 18.7 Å². The Bertz CT molecular complexity index is 768. The standard InChI is InChI=1S/C16H16N4O2/c1-22-11-8-6-10(7-9-11)14(17)16-18-15(19-20-16)12-4-2-3-5-13(12)21/h2-9,14,21H,17H2,1H3,(H,18,19,20)/t14-/m1/s1. The molecule has 112 valence electrons. The predicted octanol–water partition coefficient (Wildman–Crippen LogP) is 2.23. The number of nitrogens with zero attached hydrogens (tertiary/aromatic N) is 2. The van der Waals surface area contributed by atoms with Crippen LogP contribution in [0.3, 0.4) is 0 Å². The van der Waals surface area contributed by atoms with E-state index in [1.807, 2.05) is 30.3 Å². The minimum atomic E-state index is -0.432. The van der Waals surface area contributed by atoms with Gasteiger partial charge in [-0.2, -0.15) is 5.10 Å². The number of methoxy groups -OCH3 is 1. The first-order chi connectivity index (χ1) is 10.7. The summed E-state index contributed by atoms with van der Waals surface area (Å²) in [6.07, 6.45) is 0. The van der Waals surface area contributed by atoms with E-state index in [1.54, 1.807) is 25.3 Å². The van der Waals surface area contributed by atoms with Crippen LogP contribution in [0.25, 0.3) is 11.4 Å². The van der Waals surface area contributed by atoms with Crippen LogP contribution in [0.2, 0.25) is 0 Å². The van der Waals surface area contributed by atoms with Crippen LogP contribution in [0, 0.1) is 0 Å². The van der Waals surface area contributed by atoms with Crippen LogP contribution < -0.4 is 10.5 Å². The van der Waals surface area contributed by atoms with Gasteiger partial charge in [-0.3, -0.25) is 5.10 Å². The Labute approximate surface area is 127 Å². The Morgan fingerprint density at radius 2 is 1.86 bits per heavy atom. The lowest BCUT2D eigenvalue weighted by Gasteiger charge is -2.09. The van der Waals surface area contributed by atoms with Gasteiger partial charge in [0.25, 0.3) is 0 Å². The molecular weight excluding hydrogens is 280 g/mol. The smallest absolute Gasteiger partial charge is 0.184 e. The second-order valence-electron chi connectivity index (χ2n) is 4.81. The highest BCUT2D eigenvalue weighted by Gasteiger charge is 2.16. The molecule has 0 aliphatic carbocycles. The lowest BCUT2D eigenvalue weighted by atomic mass is 10.1. The molecule has 0 radical (unpaired) electrons. The SMILES string of the molecule is COc1ccc([C@@H](N)c2nc(-c3ccccc3O)n[nH]2)cc1. The molecule has 3 aromatic rings. The van der Waals surface area contributed by atoms with E-state index in [1.165, 1.54) is 0 Å². The number of nitrogens with two attached hydrogens (primary N) is 1. The minimum absolute atomic E-state index is 0.131. The topological polar surface area (TPSA) is 97.1 Å². The molecule has 0 fully saturated rings. The monoisotopic (exact) mass is 296 g/mol. The normalized spacial score (nSPS) is 12.1. The van der Waals surface area contributed by atoms with Crippen LogP contribution in [-0.4, -0.2) is 27.4 Å². The zero-order valence-electron chi connectivity index (χ0n) is 12.0. The molecule has 0 saturated heterocycles. The van der Waals surface area contributed by atoms with Gasteiger partial charge in [0.2, 0.25) is 0 Å². The zero-order chi connectivity index (χ0) is 15.5. The summed E-state index contributed by atoms with van der Waals surface area (Å²) in [7, 11) is 1.62. The summed E-state index contributed by atoms with van der Waals surface area (Å²) in [6, 6.07) is 13.9. The van der Waals surface area contributed by atoms with E-state index >= 15 is 0 Å². The molecule has 0 saturated carbocycles. The summed E-state index contributed by atoms with van der Waals surface area (Å²) >= 11 is 0. The van der Waals surface area contributed by atoms with Gasteiger partial charge in [-0.25, -0.2) is 4.98 Å². The number of aromatic amines is 1. The molecule has 0 aliphatic heterocycles. The lowest BCUT2D eigenvalue weighted by Crippen LogP contribution is -2.13. The molecule has 1 heterocycles. The molecule has 0 unspecified atom stereocenters. The summed E-state index contributed by atoms with van der Waals surface area (Å²) in [5.74, 6) is 1.84. The third-order valence-electron chi connectivity index (χ3n) is 3.42. The van der Waals surface area contributed by atoms with E-state index in [-0.39, 0.29) is 5.75 Å². The van der Waals surface area contributed by atoms with Crippen molar-refractivity contribution in [1.82, 2.24) is 15.2 Å². The molecule has 6 heteroatoms. The summed E-state index contributed by atoms with van der Waals surface area (Å²) in [4.78, 5) is 4.38. The Hall–Kier alpha value is -2.86. The highest BCUT2D eigenvalue weighted by Crippen LogP contribution is 2.27. The molecule has 4 N–H and O–H groups in total. The minimum Gasteiger partial charge on any atom is -0.507 e. The van der Waals surface area contributed by atoms with Crippen LogP contribution in [0.15, 0.2) is 48.5 Å². The molecule has 2 aromatic carbocycles. The Morgan fingerprint density at radius 3 is 2.55 bits per heavy atom. The van der Waals surface area contributed by atoms with Crippen molar-refractivity contribution < 1.29 is 9.84 Å². The number of hydrogen-bond acceptors (Lipinski definition) is 5. The molecule has 0 spiro atoms. The fourth-order valence-corrected chi connectivity index (χ4v) is 2.17. The zero-order valence-corrected chi connectivity index (χ0v) is 12.0. The van der Waals surface area contributed by atoms with Crippen molar-refractivity contribution in [3.8, 4) is 22.9 Å². The van der Waals surface area contributed by atoms with Crippen LogP contribution in [0.4, 0.5) is 0 Å². The third kappa shape index (κ3) is 2.64. The fraction of sp³-hybridized carbons (Fsp3) is 0.125. The molecule has 3 rings (SSSR count). The number of nitrogens with one attached hydrogen (secondary N) is 1. The number of benzene rings is 2. The highest BCUT2D eigenvalue weighted by atomic mass is 16.5. The van der Waals surface area contributed by atoms with Gasteiger partial charge in [-0.1, -0.05) is 24.3 Å². The van der Waals surface area contributed by atoms with Gasteiger partial charge >= 0.3 is 0 Å². The molecule has 1 atom stereocenters. The van der Waals surface area contributed by atoms with Gasteiger partial charge < -0.3 is 15.6 Å². The molecule has 1 aromatic heterocycles. The molecule has 0 aliphatic rings. The highest BCUT2D eigenvalue weighted by molar-refractivity contribution is 5.63. The van der Waals surface area contributed by atoms with E-state index in [0.717, 1.165) is 11.3 Å². The van der Waals surface area contributed by atoms with Crippen molar-refractivity contribution in [2.75, 3.05) is 7.11 Å². The summed E-state index contributed by atoms with van der Waals surface area (Å²) in [5.41, 5.74) is 7.65. The molecule has 0 bridgehead atoms. The van der Waals surface area contributed by atoms with Crippen molar-refractivity contribution in [2.45, 2.75) is 6.04 Å². The summed E-state index contributed by atoms with van der Waals surface area (Å²) in [6.45, 7) is 0.